The van der Waals surface area contributed by atoms with Crippen LogP contribution in [0.2, 0.25) is 0 Å². The van der Waals surface area contributed by atoms with Crippen molar-refractivity contribution in [2.24, 2.45) is 0 Å². The number of amides is 2. The third-order valence-electron chi connectivity index (χ3n) is 7.05. The van der Waals surface area contributed by atoms with E-state index in [0.717, 1.165) is 22.0 Å². The minimum Gasteiger partial charge on any atom is -0.354 e. The van der Waals surface area contributed by atoms with Crippen molar-refractivity contribution in [3.05, 3.63) is 136 Å². The molecule has 1 N–H and O–H groups in total. The van der Waals surface area contributed by atoms with Crippen LogP contribution < -0.4 is 9.62 Å². The predicted molar refractivity (Wildman–Crippen MR) is 168 cm³/mol. The largest absolute Gasteiger partial charge is 0.354 e. The van der Waals surface area contributed by atoms with Crippen LogP contribution in [0.25, 0.3) is 0 Å². The number of nitrogens with zero attached hydrogens (tertiary/aromatic N) is 3. The van der Waals surface area contributed by atoms with Gasteiger partial charge in [0.15, 0.2) is 0 Å². The lowest BCUT2D eigenvalue weighted by molar-refractivity contribution is -0.384. The normalized spacial score (nSPS) is 11.8. The van der Waals surface area contributed by atoms with E-state index < -0.39 is 45.2 Å². The van der Waals surface area contributed by atoms with Crippen LogP contribution in [0.1, 0.15) is 24.5 Å². The van der Waals surface area contributed by atoms with E-state index in [4.69, 9.17) is 0 Å². The van der Waals surface area contributed by atoms with Crippen molar-refractivity contribution >= 4 is 33.2 Å². The minimum absolute atomic E-state index is 0.0228. The van der Waals surface area contributed by atoms with Gasteiger partial charge in [0.25, 0.3) is 15.7 Å². The van der Waals surface area contributed by atoms with E-state index in [1.807, 2.05) is 37.3 Å². The smallest absolute Gasteiger partial charge is 0.269 e. The van der Waals surface area contributed by atoms with Crippen LogP contribution in [0.5, 0.6) is 0 Å². The van der Waals surface area contributed by atoms with Gasteiger partial charge in [-0.05, 0) is 53.9 Å². The van der Waals surface area contributed by atoms with E-state index in [1.54, 1.807) is 6.07 Å². The lowest BCUT2D eigenvalue weighted by Crippen LogP contribution is -2.53. The minimum atomic E-state index is -4.35. The van der Waals surface area contributed by atoms with Crippen molar-refractivity contribution in [2.75, 3.05) is 17.4 Å². The van der Waals surface area contributed by atoms with Gasteiger partial charge in [0.2, 0.25) is 11.8 Å². The molecule has 0 aliphatic heterocycles. The number of nitro benzene ring substituents is 1. The van der Waals surface area contributed by atoms with Crippen molar-refractivity contribution in [1.82, 2.24) is 10.2 Å². The molecule has 0 aromatic heterocycles. The van der Waals surface area contributed by atoms with Crippen LogP contribution in [0, 0.1) is 15.9 Å². The molecule has 1 atom stereocenters. The number of hydrogen-bond acceptors (Lipinski definition) is 6. The van der Waals surface area contributed by atoms with Crippen molar-refractivity contribution in [1.29, 1.82) is 0 Å². The number of carbonyl (C=O) groups is 2. The molecule has 0 fully saturated rings. The van der Waals surface area contributed by atoms with Gasteiger partial charge in [-0.3, -0.25) is 24.0 Å². The summed E-state index contributed by atoms with van der Waals surface area (Å²) in [6.07, 6.45) is 0.783. The van der Waals surface area contributed by atoms with E-state index in [0.29, 0.717) is 18.5 Å². The Morgan fingerprint density at radius 2 is 1.47 bits per heavy atom. The summed E-state index contributed by atoms with van der Waals surface area (Å²) in [5, 5.41) is 14.1. The standard InChI is InChI=1S/C33H33FN4O6S/c1-2-21-35-33(40)31(22-25-9-5-3-6-10-25)36(23-26-13-15-27(34)16-14-26)32(39)24-37(28-17-19-29(20-18-28)38(41)42)45(43,44)30-11-7-4-8-12-30/h3-20,31H,2,21-24H2,1H3,(H,35,40). The molecular formula is C33H33FN4O6S. The highest BCUT2D eigenvalue weighted by Gasteiger charge is 2.34. The Morgan fingerprint density at radius 3 is 2.04 bits per heavy atom. The molecular weight excluding hydrogens is 599 g/mol. The molecule has 0 saturated heterocycles. The molecule has 0 aliphatic rings. The van der Waals surface area contributed by atoms with Gasteiger partial charge < -0.3 is 10.2 Å². The Labute approximate surface area is 261 Å². The Bertz CT molecular complexity index is 1700. The molecule has 0 spiro atoms. The van der Waals surface area contributed by atoms with E-state index in [1.165, 1.54) is 65.6 Å². The maximum Gasteiger partial charge on any atom is 0.269 e. The second-order valence-corrected chi connectivity index (χ2v) is 12.1. The highest BCUT2D eigenvalue weighted by atomic mass is 32.2. The number of benzene rings is 4. The predicted octanol–water partition coefficient (Wildman–Crippen LogP) is 5.10. The maximum absolute atomic E-state index is 14.3. The van der Waals surface area contributed by atoms with E-state index in [-0.39, 0.29) is 29.2 Å². The summed E-state index contributed by atoms with van der Waals surface area (Å²) in [4.78, 5) is 39.8. The van der Waals surface area contributed by atoms with Crippen LogP contribution in [-0.2, 0) is 32.6 Å². The maximum atomic E-state index is 14.3. The van der Waals surface area contributed by atoms with Gasteiger partial charge in [-0.1, -0.05) is 67.6 Å². The van der Waals surface area contributed by atoms with Gasteiger partial charge in [0.1, 0.15) is 18.4 Å². The second-order valence-electron chi connectivity index (χ2n) is 10.2. The number of carbonyl (C=O) groups excluding carboxylic acids is 2. The van der Waals surface area contributed by atoms with Gasteiger partial charge >= 0.3 is 0 Å². The summed E-state index contributed by atoms with van der Waals surface area (Å²) < 4.78 is 42.5. The number of sulfonamides is 1. The molecule has 0 heterocycles. The summed E-state index contributed by atoms with van der Waals surface area (Å²) in [5.41, 5.74) is 1.07. The summed E-state index contributed by atoms with van der Waals surface area (Å²) in [7, 11) is -4.35. The molecule has 0 radical (unpaired) electrons. The second kappa shape index (κ2) is 15.1. The molecule has 4 rings (SSSR count). The highest BCUT2D eigenvalue weighted by Crippen LogP contribution is 2.27. The van der Waals surface area contributed by atoms with Crippen molar-refractivity contribution in [3.8, 4) is 0 Å². The first-order chi connectivity index (χ1) is 21.6. The number of hydrogen-bond donors (Lipinski definition) is 1. The molecule has 0 saturated carbocycles. The molecule has 2 amide bonds. The van der Waals surface area contributed by atoms with Crippen molar-refractivity contribution < 1.29 is 27.3 Å². The summed E-state index contributed by atoms with van der Waals surface area (Å²) in [6, 6.07) is 25.8. The molecule has 45 heavy (non-hydrogen) atoms. The van der Waals surface area contributed by atoms with E-state index >= 15 is 0 Å². The van der Waals surface area contributed by atoms with Crippen LogP contribution in [0.3, 0.4) is 0 Å². The third kappa shape index (κ3) is 8.51. The first kappa shape index (κ1) is 32.8. The fraction of sp³-hybridized carbons (Fsp3) is 0.212. The average Bonchev–Trinajstić information content (AvgIpc) is 3.05. The summed E-state index contributed by atoms with van der Waals surface area (Å²) in [6.45, 7) is 1.42. The number of non-ortho nitro benzene ring substituents is 1. The molecule has 4 aromatic carbocycles. The Morgan fingerprint density at radius 1 is 0.867 bits per heavy atom. The van der Waals surface area contributed by atoms with Gasteiger partial charge in [-0.15, -0.1) is 0 Å². The monoisotopic (exact) mass is 632 g/mol. The lowest BCUT2D eigenvalue weighted by Gasteiger charge is -2.34. The lowest BCUT2D eigenvalue weighted by atomic mass is 10.0. The molecule has 4 aromatic rings. The van der Waals surface area contributed by atoms with E-state index in [9.17, 15) is 32.5 Å². The highest BCUT2D eigenvalue weighted by molar-refractivity contribution is 7.92. The number of anilines is 1. The zero-order chi connectivity index (χ0) is 32.4. The number of nitro groups is 1. The molecule has 12 heteroatoms. The molecule has 1 unspecified atom stereocenters. The van der Waals surface area contributed by atoms with Gasteiger partial charge in [0.05, 0.1) is 15.5 Å². The number of halogens is 1. The Balaban J connectivity index is 1.79. The van der Waals surface area contributed by atoms with Crippen LogP contribution in [-0.4, -0.2) is 49.2 Å². The molecule has 10 nitrogen and oxygen atoms in total. The first-order valence-electron chi connectivity index (χ1n) is 14.3. The van der Waals surface area contributed by atoms with Gasteiger partial charge in [-0.25, -0.2) is 12.8 Å². The Kier molecular flexibility index (Phi) is 11.0. The van der Waals surface area contributed by atoms with E-state index in [2.05, 4.69) is 5.32 Å². The quantitative estimate of drug-likeness (QED) is 0.152. The SMILES string of the molecule is CCCNC(=O)C(Cc1ccccc1)N(Cc1ccc(F)cc1)C(=O)CN(c1ccc([N+](=O)[O-])cc1)S(=O)(=O)c1ccccc1. The molecule has 0 bridgehead atoms. The van der Waals surface area contributed by atoms with Crippen LogP contribution >= 0.6 is 0 Å². The first-order valence-corrected chi connectivity index (χ1v) is 15.7. The fourth-order valence-electron chi connectivity index (χ4n) is 4.70. The van der Waals surface area contributed by atoms with Crippen molar-refractivity contribution in [2.45, 2.75) is 37.2 Å². The summed E-state index contributed by atoms with van der Waals surface area (Å²) >= 11 is 0. The van der Waals surface area contributed by atoms with Crippen LogP contribution in [0.15, 0.2) is 114 Å². The topological polar surface area (TPSA) is 130 Å². The van der Waals surface area contributed by atoms with Gasteiger partial charge in [-0.2, -0.15) is 0 Å². The number of rotatable bonds is 14. The average molecular weight is 633 g/mol. The zero-order valence-electron chi connectivity index (χ0n) is 24.6. The molecule has 234 valence electrons. The van der Waals surface area contributed by atoms with Crippen molar-refractivity contribution in [3.63, 3.8) is 0 Å². The molecule has 0 aliphatic carbocycles. The third-order valence-corrected chi connectivity index (χ3v) is 8.83. The fourth-order valence-corrected chi connectivity index (χ4v) is 6.13. The number of nitrogens with one attached hydrogen (secondary N) is 1. The zero-order valence-corrected chi connectivity index (χ0v) is 25.4. The van der Waals surface area contributed by atoms with Crippen LogP contribution in [0.4, 0.5) is 15.8 Å². The Hall–Kier alpha value is -5.10. The van der Waals surface area contributed by atoms with Gasteiger partial charge in [0, 0.05) is 31.6 Å². The summed E-state index contributed by atoms with van der Waals surface area (Å²) in [5.74, 6) is -1.61.